The van der Waals surface area contributed by atoms with Gasteiger partial charge in [0.05, 0.1) is 29.3 Å². The molecule has 2 heterocycles. The minimum absolute atomic E-state index is 0.0814. The summed E-state index contributed by atoms with van der Waals surface area (Å²) in [6, 6.07) is 45.7. The fraction of sp³-hybridized carbons (Fsp3) is 0.308. The van der Waals surface area contributed by atoms with Crippen LogP contribution in [-0.2, 0) is 16.8 Å². The van der Waals surface area contributed by atoms with E-state index in [-0.39, 0.29) is 17.1 Å². The van der Waals surface area contributed by atoms with Crippen molar-refractivity contribution in [3.8, 4) is 0 Å². The van der Waals surface area contributed by atoms with Crippen LogP contribution in [-0.4, -0.2) is 58.0 Å². The molecule has 5 aromatic carbocycles. The maximum absolute atomic E-state index is 11.5. The molecular weight excluding hydrogens is 818 g/mol. The Labute approximate surface area is 375 Å². The van der Waals surface area contributed by atoms with E-state index in [0.29, 0.717) is 11.1 Å². The number of aliphatic hydroxyl groups is 1. The number of fused-ring (bicyclic) bond motifs is 1. The molecule has 1 saturated heterocycles. The van der Waals surface area contributed by atoms with Gasteiger partial charge in [-0.15, -0.1) is 0 Å². The monoisotopic (exact) mass is 871 g/mol. The summed E-state index contributed by atoms with van der Waals surface area (Å²) < 4.78 is 0. The minimum atomic E-state index is -0.911. The summed E-state index contributed by atoms with van der Waals surface area (Å²) >= 11 is 14.1. The lowest BCUT2D eigenvalue weighted by Crippen LogP contribution is -2.45. The van der Waals surface area contributed by atoms with Crippen molar-refractivity contribution in [2.45, 2.75) is 62.8 Å². The summed E-state index contributed by atoms with van der Waals surface area (Å²) in [4.78, 5) is 18.8. The zero-order valence-corrected chi connectivity index (χ0v) is 37.3. The number of benzene rings is 5. The van der Waals surface area contributed by atoms with Crippen LogP contribution in [0.2, 0.25) is 10.0 Å². The number of carboxylic acids is 1. The summed E-state index contributed by atoms with van der Waals surface area (Å²) in [5.74, 6) is 0.122. The second kappa shape index (κ2) is 20.6. The lowest BCUT2D eigenvalue weighted by Gasteiger charge is -2.35. The zero-order chi connectivity index (χ0) is 42.8. The van der Waals surface area contributed by atoms with Gasteiger partial charge in [0.1, 0.15) is 0 Å². The number of nitrogens with one attached hydrogen (secondary N) is 1. The Kier molecular flexibility index (Phi) is 15.1. The summed E-state index contributed by atoms with van der Waals surface area (Å²) in [5, 5.41) is 26.3. The normalized spacial score (nSPS) is 16.1. The number of aromatic nitrogens is 1. The topological polar surface area (TPSA) is 85.7 Å². The number of pyridine rings is 1. The number of rotatable bonds is 15. The average molecular weight is 873 g/mol. The van der Waals surface area contributed by atoms with E-state index in [4.69, 9.17) is 28.2 Å². The Balaban J connectivity index is 0.000000233. The predicted molar refractivity (Wildman–Crippen MR) is 255 cm³/mol. The van der Waals surface area contributed by atoms with Gasteiger partial charge in [0, 0.05) is 52.6 Å². The molecule has 0 amide bonds. The number of halogens is 2. The van der Waals surface area contributed by atoms with Crippen molar-refractivity contribution < 1.29 is 15.0 Å². The Morgan fingerprint density at radius 1 is 0.820 bits per heavy atom. The lowest BCUT2D eigenvalue weighted by molar-refractivity contribution is -0.138. The number of piperazine rings is 1. The van der Waals surface area contributed by atoms with Crippen molar-refractivity contribution in [1.82, 2.24) is 15.2 Å². The van der Waals surface area contributed by atoms with E-state index in [1.54, 1.807) is 0 Å². The van der Waals surface area contributed by atoms with Crippen LogP contribution in [0.15, 0.2) is 133 Å². The van der Waals surface area contributed by atoms with Gasteiger partial charge in [0.15, 0.2) is 0 Å². The van der Waals surface area contributed by atoms with Crippen molar-refractivity contribution in [2.24, 2.45) is 5.41 Å². The summed E-state index contributed by atoms with van der Waals surface area (Å²) in [7, 11) is 0. The van der Waals surface area contributed by atoms with E-state index in [1.807, 2.05) is 86.3 Å². The Bertz CT molecular complexity index is 2410. The number of carboxylic acid groups (broad SMARTS) is 1. The summed E-state index contributed by atoms with van der Waals surface area (Å²) in [6.07, 6.45) is 8.02. The number of hydrogen-bond donors (Lipinski definition) is 3. The molecule has 0 spiro atoms. The highest BCUT2D eigenvalue weighted by Crippen LogP contribution is 2.53. The van der Waals surface area contributed by atoms with E-state index in [0.717, 1.165) is 95.9 Å². The first-order valence-electron chi connectivity index (χ1n) is 21.2. The van der Waals surface area contributed by atoms with Crippen LogP contribution in [0.25, 0.3) is 23.1 Å². The molecule has 0 radical (unpaired) electrons. The van der Waals surface area contributed by atoms with Crippen molar-refractivity contribution >= 4 is 64.0 Å². The average Bonchev–Trinajstić information content (AvgIpc) is 4.03. The first kappa shape index (κ1) is 44.6. The molecule has 0 bridgehead atoms. The quantitative estimate of drug-likeness (QED) is 0.0947. The van der Waals surface area contributed by atoms with Crippen LogP contribution in [0.4, 0.5) is 0 Å². The minimum Gasteiger partial charge on any atom is -0.481 e. The van der Waals surface area contributed by atoms with Gasteiger partial charge in [-0.05, 0) is 115 Å². The Hall–Kier alpha value is -4.47. The smallest absolute Gasteiger partial charge is 0.303 e. The van der Waals surface area contributed by atoms with Gasteiger partial charge in [0.25, 0.3) is 0 Å². The molecule has 1 unspecified atom stereocenters. The van der Waals surface area contributed by atoms with Crippen LogP contribution in [0, 0.1) is 5.41 Å². The van der Waals surface area contributed by atoms with Gasteiger partial charge >= 0.3 is 5.97 Å². The summed E-state index contributed by atoms with van der Waals surface area (Å²) in [6.45, 7) is 7.91. The molecule has 3 N–H and O–H groups in total. The third-order valence-corrected chi connectivity index (χ3v) is 13.8. The van der Waals surface area contributed by atoms with Gasteiger partial charge in [-0.2, -0.15) is 11.8 Å². The molecule has 6 nitrogen and oxygen atoms in total. The largest absolute Gasteiger partial charge is 0.481 e. The Morgan fingerprint density at radius 3 is 2.21 bits per heavy atom. The first-order chi connectivity index (χ1) is 29.4. The fourth-order valence-corrected chi connectivity index (χ4v) is 10.1. The third kappa shape index (κ3) is 12.6. The highest BCUT2D eigenvalue weighted by Gasteiger charge is 2.44. The molecule has 2 fully saturated rings. The van der Waals surface area contributed by atoms with Crippen LogP contribution in [0.5, 0.6) is 0 Å². The molecule has 6 aromatic rings. The molecule has 1 aliphatic heterocycles. The van der Waals surface area contributed by atoms with E-state index < -0.39 is 11.6 Å². The standard InChI is InChI=1S/C35H36ClNO3S.C17H19ClN2/c1-34(2,40)30-9-4-3-7-25(30)13-17-32(41-23-35(18-19-35)22-33(38)39)27-8-5-6-24(20-27)10-15-29-16-12-26-11-14-28(36)21-31(26)37-29;18-16-8-6-15(7-9-16)17(14-4-2-1-3-5-14)20-12-10-19-11-13-20/h3-12,14-16,20-21,32,40H,13,17-19,22-23H2,1-2H3,(H,38,39);1-9,17,19H,10-13H2/b15-10+;/t32-;/m1./s1. The Morgan fingerprint density at radius 2 is 1.49 bits per heavy atom. The van der Waals surface area contributed by atoms with Crippen LogP contribution in [0.3, 0.4) is 0 Å². The third-order valence-electron chi connectivity index (χ3n) is 11.6. The maximum atomic E-state index is 11.5. The van der Waals surface area contributed by atoms with Crippen molar-refractivity contribution in [3.05, 3.63) is 183 Å². The molecule has 9 heteroatoms. The zero-order valence-electron chi connectivity index (χ0n) is 34.9. The molecule has 1 aliphatic carbocycles. The van der Waals surface area contributed by atoms with Gasteiger partial charge < -0.3 is 15.5 Å². The number of hydrogen-bond acceptors (Lipinski definition) is 6. The number of nitrogens with zero attached hydrogens (tertiary/aromatic N) is 2. The molecule has 2 aliphatic rings. The molecule has 1 aromatic heterocycles. The number of carbonyl (C=O) groups is 1. The van der Waals surface area contributed by atoms with E-state index in [2.05, 4.69) is 95.2 Å². The number of aryl methyl sites for hydroxylation is 1. The highest BCUT2D eigenvalue weighted by molar-refractivity contribution is 7.99. The van der Waals surface area contributed by atoms with Crippen molar-refractivity contribution in [1.29, 1.82) is 0 Å². The van der Waals surface area contributed by atoms with Gasteiger partial charge in [0.2, 0.25) is 0 Å². The molecule has 2 atom stereocenters. The van der Waals surface area contributed by atoms with E-state index >= 15 is 0 Å². The van der Waals surface area contributed by atoms with E-state index in [1.165, 1.54) is 16.7 Å². The highest BCUT2D eigenvalue weighted by atomic mass is 35.5. The molecule has 8 rings (SSSR count). The van der Waals surface area contributed by atoms with Gasteiger partial charge in [-0.3, -0.25) is 9.69 Å². The van der Waals surface area contributed by atoms with Crippen LogP contribution in [0.1, 0.15) is 89.9 Å². The maximum Gasteiger partial charge on any atom is 0.303 e. The number of aliphatic carboxylic acids is 1. The predicted octanol–water partition coefficient (Wildman–Crippen LogP) is 12.3. The van der Waals surface area contributed by atoms with Crippen LogP contribution >= 0.6 is 35.0 Å². The number of thioether (sulfide) groups is 1. The summed E-state index contributed by atoms with van der Waals surface area (Å²) in [5.41, 5.74) is 7.81. The van der Waals surface area contributed by atoms with E-state index in [9.17, 15) is 15.0 Å². The van der Waals surface area contributed by atoms with Crippen molar-refractivity contribution in [3.63, 3.8) is 0 Å². The fourth-order valence-electron chi connectivity index (χ4n) is 8.19. The SMILES string of the molecule is CC(C)(O)c1ccccc1CC[C@@H](SCC1(CC(=O)O)CC1)c1cccc(/C=C/c2ccc3ccc(Cl)cc3n2)c1.Clc1ccc(C(c2ccccc2)N2CCNCC2)cc1. The molecule has 61 heavy (non-hydrogen) atoms. The van der Waals surface area contributed by atoms with Crippen LogP contribution < -0.4 is 5.32 Å². The van der Waals surface area contributed by atoms with Crippen molar-refractivity contribution in [2.75, 3.05) is 31.9 Å². The lowest BCUT2D eigenvalue weighted by atomic mass is 9.90. The molecular formula is C52H55Cl2N3O3S. The second-order valence-electron chi connectivity index (χ2n) is 16.9. The molecule has 316 valence electrons. The second-order valence-corrected chi connectivity index (χ2v) is 18.9. The molecule has 1 saturated carbocycles. The van der Waals surface area contributed by atoms with Gasteiger partial charge in [-0.1, -0.05) is 132 Å². The van der Waals surface area contributed by atoms with Gasteiger partial charge in [-0.25, -0.2) is 4.98 Å². The first-order valence-corrected chi connectivity index (χ1v) is 23.0.